The second-order valence-corrected chi connectivity index (χ2v) is 4.53. The molecule has 88 valence electrons. The van der Waals surface area contributed by atoms with Gasteiger partial charge >= 0.3 is 0 Å². The van der Waals surface area contributed by atoms with Gasteiger partial charge in [0, 0.05) is 31.5 Å². The van der Waals surface area contributed by atoms with E-state index in [4.69, 9.17) is 0 Å². The second kappa shape index (κ2) is 5.97. The van der Waals surface area contributed by atoms with E-state index >= 15 is 0 Å². The first kappa shape index (κ1) is 11.6. The number of piperidine rings is 1. The van der Waals surface area contributed by atoms with E-state index in [1.54, 1.807) is 0 Å². The third-order valence-corrected chi connectivity index (χ3v) is 3.32. The molecule has 3 heteroatoms. The minimum absolute atomic E-state index is 0.701. The highest BCUT2D eigenvalue weighted by Crippen LogP contribution is 2.18. The molecule has 0 radical (unpaired) electrons. The summed E-state index contributed by atoms with van der Waals surface area (Å²) in [7, 11) is 2.04. The molecule has 1 N–H and O–H groups in total. The zero-order valence-electron chi connectivity index (χ0n) is 10.0. The van der Waals surface area contributed by atoms with Gasteiger partial charge in [-0.25, -0.2) is 0 Å². The van der Waals surface area contributed by atoms with Crippen molar-refractivity contribution in [2.75, 3.05) is 20.1 Å². The van der Waals surface area contributed by atoms with Crippen LogP contribution in [0.15, 0.2) is 24.5 Å². The molecular weight excluding hydrogens is 198 g/mol. The highest BCUT2D eigenvalue weighted by molar-refractivity contribution is 5.09. The smallest absolute Gasteiger partial charge is 0.0271 e. The molecule has 1 aromatic heterocycles. The van der Waals surface area contributed by atoms with Gasteiger partial charge in [0.25, 0.3) is 0 Å². The molecule has 0 aromatic carbocycles. The summed E-state index contributed by atoms with van der Waals surface area (Å²) >= 11 is 0. The minimum atomic E-state index is 0.701. The Bertz CT molecular complexity index is 297. The largest absolute Gasteiger partial charge is 0.318 e. The van der Waals surface area contributed by atoms with Crippen LogP contribution in [0.5, 0.6) is 0 Å². The monoisotopic (exact) mass is 219 g/mol. The summed E-state index contributed by atoms with van der Waals surface area (Å²) in [5.41, 5.74) is 1.37. The topological polar surface area (TPSA) is 28.2 Å². The number of likely N-dealkylation sites (tertiary alicyclic amines) is 1. The van der Waals surface area contributed by atoms with Gasteiger partial charge in [-0.05, 0) is 44.1 Å². The Kier molecular flexibility index (Phi) is 4.31. The first-order valence-corrected chi connectivity index (χ1v) is 6.17. The summed E-state index contributed by atoms with van der Waals surface area (Å²) in [5.74, 6) is 0. The number of nitrogens with zero attached hydrogens (tertiary/aromatic N) is 2. The summed E-state index contributed by atoms with van der Waals surface area (Å²) < 4.78 is 0. The first-order valence-electron chi connectivity index (χ1n) is 6.17. The lowest BCUT2D eigenvalue weighted by Gasteiger charge is -2.35. The van der Waals surface area contributed by atoms with Crippen LogP contribution in [0.1, 0.15) is 24.8 Å². The molecule has 1 aromatic rings. The van der Waals surface area contributed by atoms with Gasteiger partial charge in [0.15, 0.2) is 0 Å². The summed E-state index contributed by atoms with van der Waals surface area (Å²) in [5, 5.41) is 3.30. The van der Waals surface area contributed by atoms with Crippen molar-refractivity contribution in [3.05, 3.63) is 30.1 Å². The van der Waals surface area contributed by atoms with E-state index < -0.39 is 0 Å². The molecule has 1 aliphatic rings. The Balaban J connectivity index is 1.96. The Morgan fingerprint density at radius 3 is 2.94 bits per heavy atom. The van der Waals surface area contributed by atoms with Gasteiger partial charge in [-0.15, -0.1) is 0 Å². The molecule has 1 atom stereocenters. The van der Waals surface area contributed by atoms with Crippen molar-refractivity contribution in [1.82, 2.24) is 15.2 Å². The summed E-state index contributed by atoms with van der Waals surface area (Å²) in [6.07, 6.45) is 7.80. The molecule has 0 amide bonds. The van der Waals surface area contributed by atoms with Crippen LogP contribution in [0.4, 0.5) is 0 Å². The third-order valence-electron chi connectivity index (χ3n) is 3.32. The van der Waals surface area contributed by atoms with Gasteiger partial charge in [-0.3, -0.25) is 9.88 Å². The summed E-state index contributed by atoms with van der Waals surface area (Å²) in [4.78, 5) is 6.66. The van der Waals surface area contributed by atoms with Crippen LogP contribution >= 0.6 is 0 Å². The van der Waals surface area contributed by atoms with Crippen molar-refractivity contribution in [3.63, 3.8) is 0 Å². The highest BCUT2D eigenvalue weighted by atomic mass is 15.2. The van der Waals surface area contributed by atoms with E-state index in [2.05, 4.69) is 27.3 Å². The molecule has 2 rings (SSSR count). The fourth-order valence-corrected chi connectivity index (χ4v) is 2.46. The molecule has 1 aliphatic heterocycles. The van der Waals surface area contributed by atoms with E-state index in [0.717, 1.165) is 13.1 Å². The zero-order valence-corrected chi connectivity index (χ0v) is 10.0. The maximum atomic E-state index is 4.06. The first-order chi connectivity index (χ1) is 7.90. The molecular formula is C13H21N3. The molecule has 0 spiro atoms. The number of hydrogen-bond acceptors (Lipinski definition) is 3. The molecule has 1 fully saturated rings. The van der Waals surface area contributed by atoms with Crippen LogP contribution in [0.25, 0.3) is 0 Å². The summed E-state index contributed by atoms with van der Waals surface area (Å²) in [6.45, 7) is 3.40. The molecule has 3 nitrogen and oxygen atoms in total. The molecule has 0 bridgehead atoms. The number of hydrogen-bond donors (Lipinski definition) is 1. The maximum absolute atomic E-state index is 4.06. The van der Waals surface area contributed by atoms with E-state index in [9.17, 15) is 0 Å². The zero-order chi connectivity index (χ0) is 11.2. The van der Waals surface area contributed by atoms with Crippen molar-refractivity contribution in [2.24, 2.45) is 0 Å². The van der Waals surface area contributed by atoms with E-state index in [1.165, 1.54) is 31.4 Å². The Labute approximate surface area is 97.9 Å². The van der Waals surface area contributed by atoms with Crippen LogP contribution in [0, 0.1) is 0 Å². The average Bonchev–Trinajstić information content (AvgIpc) is 2.33. The number of likely N-dealkylation sites (N-methyl/N-ethyl adjacent to an activating group) is 1. The molecule has 1 unspecified atom stereocenters. The Morgan fingerprint density at radius 1 is 1.38 bits per heavy atom. The molecule has 1 saturated heterocycles. The fourth-order valence-electron chi connectivity index (χ4n) is 2.46. The van der Waals surface area contributed by atoms with Crippen LogP contribution in [0.3, 0.4) is 0 Å². The predicted octanol–water partition coefficient (Wildman–Crippen LogP) is 1.66. The Hall–Kier alpha value is -0.930. The molecule has 16 heavy (non-hydrogen) atoms. The van der Waals surface area contributed by atoms with Crippen LogP contribution in [-0.2, 0) is 6.54 Å². The minimum Gasteiger partial charge on any atom is -0.318 e. The van der Waals surface area contributed by atoms with E-state index in [1.807, 2.05) is 19.4 Å². The standard InChI is InChI=1S/C13H21N3/c1-14-10-13-4-2-3-9-16(13)11-12-5-7-15-8-6-12/h5-8,13-14H,2-4,9-11H2,1H3. The molecule has 2 heterocycles. The van der Waals surface area contributed by atoms with Gasteiger partial charge in [0.05, 0.1) is 0 Å². The fraction of sp³-hybridized carbons (Fsp3) is 0.615. The van der Waals surface area contributed by atoms with Gasteiger partial charge in [-0.2, -0.15) is 0 Å². The lowest BCUT2D eigenvalue weighted by molar-refractivity contribution is 0.139. The van der Waals surface area contributed by atoms with Crippen LogP contribution in [-0.4, -0.2) is 36.1 Å². The normalized spacial score (nSPS) is 22.2. The van der Waals surface area contributed by atoms with E-state index in [0.29, 0.717) is 6.04 Å². The van der Waals surface area contributed by atoms with Crippen molar-refractivity contribution in [2.45, 2.75) is 31.8 Å². The third kappa shape index (κ3) is 3.03. The number of pyridine rings is 1. The van der Waals surface area contributed by atoms with Crippen molar-refractivity contribution >= 4 is 0 Å². The maximum Gasteiger partial charge on any atom is 0.0271 e. The summed E-state index contributed by atoms with van der Waals surface area (Å²) in [6, 6.07) is 4.93. The molecule has 0 saturated carbocycles. The van der Waals surface area contributed by atoms with Crippen molar-refractivity contribution in [3.8, 4) is 0 Å². The number of nitrogens with one attached hydrogen (secondary N) is 1. The quantitative estimate of drug-likeness (QED) is 0.834. The Morgan fingerprint density at radius 2 is 2.19 bits per heavy atom. The van der Waals surface area contributed by atoms with Crippen LogP contribution < -0.4 is 5.32 Å². The SMILES string of the molecule is CNCC1CCCCN1Cc1ccncc1. The molecule has 0 aliphatic carbocycles. The number of aromatic nitrogens is 1. The van der Waals surface area contributed by atoms with Crippen molar-refractivity contribution in [1.29, 1.82) is 0 Å². The van der Waals surface area contributed by atoms with Crippen LogP contribution in [0.2, 0.25) is 0 Å². The second-order valence-electron chi connectivity index (χ2n) is 4.53. The van der Waals surface area contributed by atoms with Crippen molar-refractivity contribution < 1.29 is 0 Å². The van der Waals surface area contributed by atoms with Gasteiger partial charge in [0.1, 0.15) is 0 Å². The van der Waals surface area contributed by atoms with Gasteiger partial charge in [-0.1, -0.05) is 6.42 Å². The lowest BCUT2D eigenvalue weighted by Crippen LogP contribution is -2.44. The number of rotatable bonds is 4. The lowest BCUT2D eigenvalue weighted by atomic mass is 10.0. The van der Waals surface area contributed by atoms with E-state index in [-0.39, 0.29) is 0 Å². The highest BCUT2D eigenvalue weighted by Gasteiger charge is 2.21. The van der Waals surface area contributed by atoms with Gasteiger partial charge < -0.3 is 5.32 Å². The van der Waals surface area contributed by atoms with Gasteiger partial charge in [0.2, 0.25) is 0 Å². The predicted molar refractivity (Wildman–Crippen MR) is 66.2 cm³/mol. The average molecular weight is 219 g/mol.